The third kappa shape index (κ3) is 2.86. The topological polar surface area (TPSA) is 26.2 Å². The van der Waals surface area contributed by atoms with Gasteiger partial charge in [0.15, 0.2) is 17.5 Å². The van der Waals surface area contributed by atoms with Gasteiger partial charge < -0.3 is 9.15 Å². The summed E-state index contributed by atoms with van der Waals surface area (Å²) < 4.78 is 15.6. The lowest BCUT2D eigenvalue weighted by molar-refractivity contribution is -0.659. The molecule has 0 atom stereocenters. The first kappa shape index (κ1) is 21.2. The van der Waals surface area contributed by atoms with Gasteiger partial charge in [0.2, 0.25) is 5.69 Å². The molecule has 6 rings (SSSR count). The van der Waals surface area contributed by atoms with E-state index in [0.717, 1.165) is 45.2 Å². The Bertz CT molecular complexity index is 1680. The van der Waals surface area contributed by atoms with Crippen LogP contribution < -0.4 is 9.30 Å². The van der Waals surface area contributed by atoms with Gasteiger partial charge in [-0.2, -0.15) is 0 Å². The molecular weight excluding hydrogens is 418 g/mol. The van der Waals surface area contributed by atoms with Crippen LogP contribution in [0.1, 0.15) is 48.6 Å². The second-order valence-corrected chi connectivity index (χ2v) is 11.3. The Labute approximate surface area is 201 Å². The predicted molar refractivity (Wildman–Crippen MR) is 140 cm³/mol. The smallest absolute Gasteiger partial charge is 0.228 e. The van der Waals surface area contributed by atoms with Gasteiger partial charge in [-0.15, -0.1) is 0 Å². The molecule has 34 heavy (non-hydrogen) atoms. The highest BCUT2D eigenvalue weighted by molar-refractivity contribution is 6.17. The molecule has 2 aromatic heterocycles. The number of rotatable bonds is 1. The number of fused-ring (bicyclic) bond motifs is 6. The first-order valence-corrected chi connectivity index (χ1v) is 12.1. The summed E-state index contributed by atoms with van der Waals surface area (Å²) in [5.41, 5.74) is 10.8. The van der Waals surface area contributed by atoms with Crippen molar-refractivity contribution in [2.24, 2.45) is 12.5 Å². The Morgan fingerprint density at radius 3 is 2.29 bits per heavy atom. The minimum absolute atomic E-state index is 0.224. The molecule has 172 valence electrons. The zero-order valence-corrected chi connectivity index (χ0v) is 21.4. The Kier molecular flexibility index (Phi) is 4.27. The molecule has 0 N–H and O–H groups in total. The van der Waals surface area contributed by atoms with Crippen LogP contribution in [-0.2, 0) is 13.5 Å². The summed E-state index contributed by atoms with van der Waals surface area (Å²) >= 11 is 0. The van der Waals surface area contributed by atoms with Gasteiger partial charge in [-0.3, -0.25) is 0 Å². The Hall–Kier alpha value is -3.33. The van der Waals surface area contributed by atoms with Crippen molar-refractivity contribution in [1.82, 2.24) is 0 Å². The van der Waals surface area contributed by atoms with E-state index in [2.05, 4.69) is 96.6 Å². The quantitative estimate of drug-likeness (QED) is 0.236. The third-order valence-electron chi connectivity index (χ3n) is 7.69. The number of pyridine rings is 1. The van der Waals surface area contributed by atoms with Gasteiger partial charge in [0.1, 0.15) is 23.8 Å². The molecule has 3 heterocycles. The van der Waals surface area contributed by atoms with Crippen LogP contribution in [0.15, 0.2) is 40.9 Å². The number of nitrogens with zero attached hydrogens (tertiary/aromatic N) is 1. The van der Waals surface area contributed by atoms with Crippen molar-refractivity contribution in [3.05, 3.63) is 64.3 Å². The molecule has 3 heteroatoms. The number of aromatic nitrogens is 1. The minimum atomic E-state index is 0.224. The molecule has 0 bridgehead atoms. The van der Waals surface area contributed by atoms with E-state index in [0.29, 0.717) is 0 Å². The Morgan fingerprint density at radius 1 is 0.824 bits per heavy atom. The molecule has 0 unspecified atom stereocenters. The highest BCUT2D eigenvalue weighted by atomic mass is 16.5. The van der Waals surface area contributed by atoms with Crippen LogP contribution in [0, 0.1) is 33.1 Å². The molecule has 0 spiro atoms. The second kappa shape index (κ2) is 6.85. The molecule has 0 amide bonds. The fourth-order valence-corrected chi connectivity index (χ4v) is 5.68. The summed E-state index contributed by atoms with van der Waals surface area (Å²) in [5, 5.41) is 4.56. The van der Waals surface area contributed by atoms with E-state index in [1.54, 1.807) is 0 Å². The molecule has 0 radical (unpaired) electrons. The summed E-state index contributed by atoms with van der Waals surface area (Å²) in [5.74, 6) is 1.79. The number of aryl methyl sites for hydroxylation is 1. The van der Waals surface area contributed by atoms with Crippen LogP contribution >= 0.6 is 0 Å². The lowest BCUT2D eigenvalue weighted by Crippen LogP contribution is -2.32. The first-order chi connectivity index (χ1) is 16.0. The predicted octanol–water partition coefficient (Wildman–Crippen LogP) is 8.16. The average molecular weight is 451 g/mol. The molecule has 0 saturated heterocycles. The normalized spacial score (nSPS) is 13.1. The number of hydrogen-bond donors (Lipinski definition) is 0. The SMILES string of the molecule is Cc1c(C)c(C)c2c(c1C)Oc1c3oc4cc(CC(C)(C)C)ccc4c3cc3cc[n+](C)c-2c13. The van der Waals surface area contributed by atoms with Crippen molar-refractivity contribution in [1.29, 1.82) is 0 Å². The number of benzene rings is 3. The van der Waals surface area contributed by atoms with Crippen molar-refractivity contribution < 1.29 is 13.7 Å². The fraction of sp³-hybridized carbons (Fsp3) is 0.323. The highest BCUT2D eigenvalue weighted by Gasteiger charge is 2.34. The van der Waals surface area contributed by atoms with Crippen LogP contribution in [0.25, 0.3) is 44.0 Å². The Morgan fingerprint density at radius 2 is 1.56 bits per heavy atom. The van der Waals surface area contributed by atoms with Crippen LogP contribution in [0.5, 0.6) is 11.5 Å². The van der Waals surface area contributed by atoms with Crippen molar-refractivity contribution in [3.8, 4) is 22.8 Å². The molecular formula is C31H32NO2+. The van der Waals surface area contributed by atoms with E-state index in [4.69, 9.17) is 9.15 Å². The van der Waals surface area contributed by atoms with Gasteiger partial charge >= 0.3 is 0 Å². The lowest BCUT2D eigenvalue weighted by Gasteiger charge is -2.25. The maximum absolute atomic E-state index is 6.80. The number of hydrogen-bond acceptors (Lipinski definition) is 2. The fourth-order valence-electron chi connectivity index (χ4n) is 5.68. The maximum Gasteiger partial charge on any atom is 0.228 e. The highest BCUT2D eigenvalue weighted by Crippen LogP contribution is 2.53. The molecule has 0 saturated carbocycles. The number of furan rings is 1. The largest absolute Gasteiger partial charge is 0.452 e. The van der Waals surface area contributed by atoms with E-state index in [1.165, 1.54) is 44.5 Å². The van der Waals surface area contributed by atoms with E-state index in [-0.39, 0.29) is 5.41 Å². The zero-order valence-electron chi connectivity index (χ0n) is 21.4. The molecule has 1 aliphatic heterocycles. The van der Waals surface area contributed by atoms with Crippen LogP contribution in [0.2, 0.25) is 0 Å². The van der Waals surface area contributed by atoms with Crippen molar-refractivity contribution in [2.75, 3.05) is 0 Å². The van der Waals surface area contributed by atoms with E-state index >= 15 is 0 Å². The van der Waals surface area contributed by atoms with E-state index in [1.807, 2.05) is 0 Å². The summed E-state index contributed by atoms with van der Waals surface area (Å²) in [4.78, 5) is 0. The summed E-state index contributed by atoms with van der Waals surface area (Å²) in [6.45, 7) is 15.6. The van der Waals surface area contributed by atoms with Gasteiger partial charge in [0, 0.05) is 16.8 Å². The molecule has 1 aliphatic rings. The van der Waals surface area contributed by atoms with E-state index in [9.17, 15) is 0 Å². The van der Waals surface area contributed by atoms with Crippen LogP contribution in [0.4, 0.5) is 0 Å². The Balaban J connectivity index is 1.72. The monoisotopic (exact) mass is 450 g/mol. The summed E-state index contributed by atoms with van der Waals surface area (Å²) in [7, 11) is 2.12. The van der Waals surface area contributed by atoms with Crippen LogP contribution in [0.3, 0.4) is 0 Å². The minimum Gasteiger partial charge on any atom is -0.452 e. The summed E-state index contributed by atoms with van der Waals surface area (Å²) in [6, 6.07) is 11.1. The van der Waals surface area contributed by atoms with E-state index < -0.39 is 0 Å². The first-order valence-electron chi connectivity index (χ1n) is 12.1. The molecule has 3 aromatic carbocycles. The third-order valence-corrected chi connectivity index (χ3v) is 7.69. The van der Waals surface area contributed by atoms with Gasteiger partial charge in [0.25, 0.3) is 0 Å². The van der Waals surface area contributed by atoms with Crippen LogP contribution in [-0.4, -0.2) is 0 Å². The molecule has 5 aromatic rings. The molecule has 3 nitrogen and oxygen atoms in total. The zero-order chi connectivity index (χ0) is 24.1. The van der Waals surface area contributed by atoms with Gasteiger partial charge in [-0.25, -0.2) is 4.57 Å². The lowest BCUT2D eigenvalue weighted by atomic mass is 9.87. The molecule has 0 aliphatic carbocycles. The van der Waals surface area contributed by atoms with Gasteiger partial charge in [-0.1, -0.05) is 32.9 Å². The van der Waals surface area contributed by atoms with Crippen molar-refractivity contribution >= 4 is 32.7 Å². The second-order valence-electron chi connectivity index (χ2n) is 11.3. The molecule has 0 fully saturated rings. The van der Waals surface area contributed by atoms with Crippen molar-refractivity contribution in [3.63, 3.8) is 0 Å². The average Bonchev–Trinajstić information content (AvgIpc) is 3.14. The van der Waals surface area contributed by atoms with Crippen molar-refractivity contribution in [2.45, 2.75) is 54.9 Å². The van der Waals surface area contributed by atoms with Gasteiger partial charge in [-0.05, 0) is 84.9 Å². The number of ether oxygens (including phenoxy) is 1. The summed E-state index contributed by atoms with van der Waals surface area (Å²) in [6.07, 6.45) is 3.17. The standard InChI is InChI=1S/C31H32NO2/c1-16-17(2)19(4)28-25(18(16)3)27-26-21(11-12-32(27)8)14-23-22-10-9-20(15-31(5,6)7)13-24(22)33-29(23)30(26)34-28/h9-14H,15H2,1-8H3/q+1. The van der Waals surface area contributed by atoms with Gasteiger partial charge in [0.05, 0.1) is 5.56 Å². The maximum atomic E-state index is 6.80.